The number of rotatable bonds is 3. The van der Waals surface area contributed by atoms with Crippen molar-refractivity contribution >= 4 is 5.69 Å². The molecule has 1 aromatic rings. The first-order chi connectivity index (χ1) is 8.59. The third-order valence-corrected chi connectivity index (χ3v) is 3.65. The zero-order chi connectivity index (χ0) is 13.2. The van der Waals surface area contributed by atoms with Crippen molar-refractivity contribution in [3.05, 3.63) is 23.8 Å². The van der Waals surface area contributed by atoms with Crippen molar-refractivity contribution < 1.29 is 9.47 Å². The van der Waals surface area contributed by atoms with Crippen molar-refractivity contribution in [1.82, 2.24) is 0 Å². The minimum atomic E-state index is -0.141. The number of benzene rings is 1. The summed E-state index contributed by atoms with van der Waals surface area (Å²) in [4.78, 5) is 0. The molecule has 4 heteroatoms. The highest BCUT2D eigenvalue weighted by atomic mass is 16.5. The predicted molar refractivity (Wildman–Crippen MR) is 69.8 cm³/mol. The Morgan fingerprint density at radius 3 is 2.89 bits per heavy atom. The summed E-state index contributed by atoms with van der Waals surface area (Å²) in [5, 5.41) is 12.6. The van der Waals surface area contributed by atoms with E-state index in [9.17, 15) is 0 Å². The Morgan fingerprint density at radius 1 is 1.56 bits per heavy atom. The van der Waals surface area contributed by atoms with Crippen LogP contribution in [-0.4, -0.2) is 25.4 Å². The molecule has 2 atom stereocenters. The van der Waals surface area contributed by atoms with E-state index in [1.54, 1.807) is 19.2 Å². The maximum Gasteiger partial charge on any atom is 0.121 e. The molecule has 1 aliphatic heterocycles. The highest BCUT2D eigenvalue weighted by Crippen LogP contribution is 2.32. The van der Waals surface area contributed by atoms with Gasteiger partial charge in [0, 0.05) is 12.7 Å². The van der Waals surface area contributed by atoms with Crippen LogP contribution in [0.25, 0.3) is 0 Å². The second kappa shape index (κ2) is 4.87. The zero-order valence-electron chi connectivity index (χ0n) is 11.0. The Hall–Kier alpha value is -1.73. The first-order valence-electron chi connectivity index (χ1n) is 6.07. The van der Waals surface area contributed by atoms with Gasteiger partial charge in [0.05, 0.1) is 30.0 Å². The molecule has 2 unspecified atom stereocenters. The average Bonchev–Trinajstić information content (AvgIpc) is 2.69. The predicted octanol–water partition coefficient (Wildman–Crippen LogP) is 2.55. The molecule has 2 rings (SSSR count). The molecule has 1 N–H and O–H groups in total. The van der Waals surface area contributed by atoms with Crippen LogP contribution in [0.2, 0.25) is 0 Å². The SMILES string of the molecule is COc1ccc(C#N)c(NC2(C)CCOC2C)c1. The Kier molecular flexibility index (Phi) is 3.44. The lowest BCUT2D eigenvalue weighted by Gasteiger charge is -2.30. The highest BCUT2D eigenvalue weighted by molar-refractivity contribution is 5.61. The highest BCUT2D eigenvalue weighted by Gasteiger charge is 2.37. The lowest BCUT2D eigenvalue weighted by Crippen LogP contribution is -2.41. The Labute approximate surface area is 108 Å². The smallest absolute Gasteiger partial charge is 0.121 e. The van der Waals surface area contributed by atoms with Gasteiger partial charge < -0.3 is 14.8 Å². The Bertz CT molecular complexity index is 481. The van der Waals surface area contributed by atoms with Crippen LogP contribution in [0.5, 0.6) is 5.75 Å². The van der Waals surface area contributed by atoms with E-state index in [0.717, 1.165) is 24.5 Å². The van der Waals surface area contributed by atoms with Crippen LogP contribution in [0.3, 0.4) is 0 Å². The van der Waals surface area contributed by atoms with Gasteiger partial charge in [0.2, 0.25) is 0 Å². The van der Waals surface area contributed by atoms with E-state index in [-0.39, 0.29) is 11.6 Å². The van der Waals surface area contributed by atoms with E-state index >= 15 is 0 Å². The number of nitrogens with zero attached hydrogens (tertiary/aromatic N) is 1. The van der Waals surface area contributed by atoms with Crippen LogP contribution < -0.4 is 10.1 Å². The molecule has 0 spiro atoms. The van der Waals surface area contributed by atoms with Crippen molar-refractivity contribution in [3.63, 3.8) is 0 Å². The largest absolute Gasteiger partial charge is 0.497 e. The molecule has 0 radical (unpaired) electrons. The van der Waals surface area contributed by atoms with Gasteiger partial charge in [0.25, 0.3) is 0 Å². The number of methoxy groups -OCH3 is 1. The van der Waals surface area contributed by atoms with Gasteiger partial charge in [-0.05, 0) is 32.4 Å². The van der Waals surface area contributed by atoms with Gasteiger partial charge in [-0.3, -0.25) is 0 Å². The molecule has 1 aromatic carbocycles. The molecule has 1 fully saturated rings. The van der Waals surface area contributed by atoms with Crippen LogP contribution in [-0.2, 0) is 4.74 Å². The third kappa shape index (κ3) is 2.27. The molecule has 96 valence electrons. The van der Waals surface area contributed by atoms with E-state index in [2.05, 4.69) is 18.3 Å². The summed E-state index contributed by atoms with van der Waals surface area (Å²) in [6.07, 6.45) is 1.05. The van der Waals surface area contributed by atoms with Crippen LogP contribution in [0.15, 0.2) is 18.2 Å². The van der Waals surface area contributed by atoms with E-state index < -0.39 is 0 Å². The summed E-state index contributed by atoms with van der Waals surface area (Å²) >= 11 is 0. The van der Waals surface area contributed by atoms with Crippen molar-refractivity contribution in [3.8, 4) is 11.8 Å². The second-order valence-electron chi connectivity index (χ2n) is 4.83. The van der Waals surface area contributed by atoms with Crippen molar-refractivity contribution in [1.29, 1.82) is 5.26 Å². The summed E-state index contributed by atoms with van der Waals surface area (Å²) in [6.45, 7) is 4.91. The molecular weight excluding hydrogens is 228 g/mol. The fraction of sp³-hybridized carbons (Fsp3) is 0.500. The Morgan fingerprint density at radius 2 is 2.33 bits per heavy atom. The first-order valence-corrected chi connectivity index (χ1v) is 6.07. The maximum absolute atomic E-state index is 9.14. The molecule has 4 nitrogen and oxygen atoms in total. The number of anilines is 1. The van der Waals surface area contributed by atoms with Gasteiger partial charge in [-0.2, -0.15) is 5.26 Å². The quantitative estimate of drug-likeness (QED) is 0.890. The topological polar surface area (TPSA) is 54.3 Å². The van der Waals surface area contributed by atoms with Gasteiger partial charge >= 0.3 is 0 Å². The van der Waals surface area contributed by atoms with Crippen LogP contribution in [0.1, 0.15) is 25.8 Å². The fourth-order valence-electron chi connectivity index (χ4n) is 2.16. The summed E-state index contributed by atoms with van der Waals surface area (Å²) < 4.78 is 10.8. The van der Waals surface area contributed by atoms with Crippen molar-refractivity contribution in [2.24, 2.45) is 0 Å². The first kappa shape index (κ1) is 12.7. The van der Waals surface area contributed by atoms with Crippen LogP contribution in [0, 0.1) is 11.3 Å². The van der Waals surface area contributed by atoms with E-state index in [4.69, 9.17) is 14.7 Å². The molecular formula is C14H18N2O2. The van der Waals surface area contributed by atoms with E-state index in [1.807, 2.05) is 13.0 Å². The molecule has 0 bridgehead atoms. The minimum Gasteiger partial charge on any atom is -0.497 e. The lowest BCUT2D eigenvalue weighted by molar-refractivity contribution is 0.105. The van der Waals surface area contributed by atoms with Gasteiger partial charge in [0.15, 0.2) is 0 Å². The number of nitrogens with one attached hydrogen (secondary N) is 1. The summed E-state index contributed by atoms with van der Waals surface area (Å²) in [6, 6.07) is 7.61. The summed E-state index contributed by atoms with van der Waals surface area (Å²) in [7, 11) is 1.62. The summed E-state index contributed by atoms with van der Waals surface area (Å²) in [5.41, 5.74) is 1.28. The van der Waals surface area contributed by atoms with Crippen LogP contribution >= 0.6 is 0 Å². The zero-order valence-corrected chi connectivity index (χ0v) is 11.0. The molecule has 1 aliphatic rings. The van der Waals surface area contributed by atoms with E-state index in [0.29, 0.717) is 5.56 Å². The molecule has 0 aromatic heterocycles. The number of hydrogen-bond donors (Lipinski definition) is 1. The normalized spacial score (nSPS) is 26.7. The van der Waals surface area contributed by atoms with Crippen LogP contribution in [0.4, 0.5) is 5.69 Å². The molecule has 18 heavy (non-hydrogen) atoms. The Balaban J connectivity index is 2.30. The summed E-state index contributed by atoms with van der Waals surface area (Å²) in [5.74, 6) is 0.742. The minimum absolute atomic E-state index is 0.121. The number of hydrogen-bond acceptors (Lipinski definition) is 4. The van der Waals surface area contributed by atoms with Crippen molar-refractivity contribution in [2.45, 2.75) is 31.9 Å². The number of nitriles is 1. The van der Waals surface area contributed by atoms with Gasteiger partial charge in [-0.15, -0.1) is 0 Å². The van der Waals surface area contributed by atoms with Gasteiger partial charge in [-0.25, -0.2) is 0 Å². The third-order valence-electron chi connectivity index (χ3n) is 3.65. The monoisotopic (exact) mass is 246 g/mol. The molecule has 0 aliphatic carbocycles. The lowest BCUT2D eigenvalue weighted by atomic mass is 9.93. The molecule has 0 amide bonds. The number of ether oxygens (including phenoxy) is 2. The fourth-order valence-corrected chi connectivity index (χ4v) is 2.16. The maximum atomic E-state index is 9.14. The molecule has 0 saturated carbocycles. The molecule has 1 heterocycles. The van der Waals surface area contributed by atoms with E-state index in [1.165, 1.54) is 0 Å². The van der Waals surface area contributed by atoms with Crippen molar-refractivity contribution in [2.75, 3.05) is 19.0 Å². The second-order valence-corrected chi connectivity index (χ2v) is 4.83. The average molecular weight is 246 g/mol. The van der Waals surface area contributed by atoms with Gasteiger partial charge in [-0.1, -0.05) is 0 Å². The standard InChI is InChI=1S/C14H18N2O2/c1-10-14(2,6-7-18-10)16-13-8-12(17-3)5-4-11(13)9-15/h4-5,8,10,16H,6-7H2,1-3H3. The molecule has 1 saturated heterocycles. The van der Waals surface area contributed by atoms with Gasteiger partial charge in [0.1, 0.15) is 11.8 Å².